The Labute approximate surface area is 115 Å². The van der Waals surface area contributed by atoms with Crippen molar-refractivity contribution < 1.29 is 0 Å². The molecular formula is C11H19Cl3N2. The minimum atomic E-state index is -0.367. The normalized spacial score (nSPS) is 15.3. The average molecular weight is 286 g/mol. The Bertz CT molecular complexity index is 297. The molecule has 0 radical (unpaired) electrons. The third-order valence-electron chi connectivity index (χ3n) is 2.54. The van der Waals surface area contributed by atoms with Gasteiger partial charge in [0.15, 0.2) is 0 Å². The number of nitrogens with two attached hydrogens (primary N) is 2. The Balaban J connectivity index is 0. The molecule has 5 heteroatoms. The van der Waals surface area contributed by atoms with Crippen LogP contribution in [-0.2, 0) is 6.42 Å². The topological polar surface area (TPSA) is 52.0 Å². The highest BCUT2D eigenvalue weighted by atomic mass is 35.5. The van der Waals surface area contributed by atoms with E-state index in [0.29, 0.717) is 0 Å². The smallest absolute Gasteiger partial charge is 0.0406 e. The molecule has 1 aromatic rings. The molecule has 16 heavy (non-hydrogen) atoms. The van der Waals surface area contributed by atoms with Crippen LogP contribution in [-0.4, -0.2) is 11.6 Å². The zero-order valence-corrected chi connectivity index (χ0v) is 11.8. The molecular weight excluding hydrogens is 266 g/mol. The number of benzene rings is 1. The molecule has 0 spiro atoms. The van der Waals surface area contributed by atoms with Crippen LogP contribution in [0.4, 0.5) is 0 Å². The van der Waals surface area contributed by atoms with Crippen LogP contribution in [0.1, 0.15) is 19.4 Å². The minimum Gasteiger partial charge on any atom is -0.326 e. The van der Waals surface area contributed by atoms with E-state index in [1.165, 1.54) is 0 Å². The summed E-state index contributed by atoms with van der Waals surface area (Å²) in [4.78, 5) is 0. The van der Waals surface area contributed by atoms with Crippen LogP contribution in [0.3, 0.4) is 0 Å². The number of rotatable bonds is 3. The summed E-state index contributed by atoms with van der Waals surface area (Å²) in [6, 6.07) is 7.67. The van der Waals surface area contributed by atoms with Gasteiger partial charge in [-0.3, -0.25) is 0 Å². The summed E-state index contributed by atoms with van der Waals surface area (Å²) in [5, 5.41) is 0.744. The molecule has 0 aliphatic heterocycles. The summed E-state index contributed by atoms with van der Waals surface area (Å²) < 4.78 is 0. The SMILES string of the molecule is CC(N)C(C)(N)Cc1ccc(Cl)cc1.Cl.Cl. The lowest BCUT2D eigenvalue weighted by atomic mass is 9.88. The van der Waals surface area contributed by atoms with Crippen LogP contribution in [0.15, 0.2) is 24.3 Å². The second-order valence-electron chi connectivity index (χ2n) is 4.10. The van der Waals surface area contributed by atoms with Crippen LogP contribution < -0.4 is 11.5 Å². The standard InChI is InChI=1S/C11H17ClN2.2ClH/c1-8(13)11(2,14)7-9-3-5-10(12)6-4-9;;/h3-6,8H,7,13-14H2,1-2H3;2*1H. The summed E-state index contributed by atoms with van der Waals surface area (Å²) in [7, 11) is 0. The molecule has 0 amide bonds. The van der Waals surface area contributed by atoms with Crippen molar-refractivity contribution in [2.45, 2.75) is 31.8 Å². The van der Waals surface area contributed by atoms with E-state index in [0.717, 1.165) is 17.0 Å². The highest BCUT2D eigenvalue weighted by Gasteiger charge is 2.23. The van der Waals surface area contributed by atoms with E-state index in [2.05, 4.69) is 0 Å². The average Bonchev–Trinajstić information content (AvgIpc) is 2.08. The first-order valence-corrected chi connectivity index (χ1v) is 5.08. The van der Waals surface area contributed by atoms with Crippen molar-refractivity contribution in [3.8, 4) is 0 Å². The molecule has 0 aromatic heterocycles. The van der Waals surface area contributed by atoms with Gasteiger partial charge in [0.25, 0.3) is 0 Å². The zero-order chi connectivity index (χ0) is 10.8. The Kier molecular flexibility index (Phi) is 8.45. The van der Waals surface area contributed by atoms with Crippen molar-refractivity contribution in [3.05, 3.63) is 34.9 Å². The Hall–Kier alpha value is 0.01000. The molecule has 4 N–H and O–H groups in total. The van der Waals surface area contributed by atoms with Gasteiger partial charge < -0.3 is 11.5 Å². The van der Waals surface area contributed by atoms with Gasteiger partial charge in [-0.05, 0) is 38.0 Å². The van der Waals surface area contributed by atoms with Gasteiger partial charge in [-0.1, -0.05) is 23.7 Å². The van der Waals surface area contributed by atoms with Crippen molar-refractivity contribution in [1.82, 2.24) is 0 Å². The Morgan fingerprint density at radius 1 is 1.25 bits per heavy atom. The molecule has 2 atom stereocenters. The molecule has 2 nitrogen and oxygen atoms in total. The number of hydrogen-bond donors (Lipinski definition) is 2. The number of halogens is 3. The van der Waals surface area contributed by atoms with Gasteiger partial charge in [0.2, 0.25) is 0 Å². The summed E-state index contributed by atoms with van der Waals surface area (Å²) in [5.41, 5.74) is 12.7. The van der Waals surface area contributed by atoms with E-state index >= 15 is 0 Å². The zero-order valence-electron chi connectivity index (χ0n) is 9.44. The summed E-state index contributed by atoms with van der Waals surface area (Å²) >= 11 is 5.79. The second kappa shape index (κ2) is 7.36. The lowest BCUT2D eigenvalue weighted by Crippen LogP contribution is -2.52. The lowest BCUT2D eigenvalue weighted by Gasteiger charge is -2.29. The van der Waals surface area contributed by atoms with Crippen LogP contribution in [0.2, 0.25) is 5.02 Å². The first kappa shape index (κ1) is 18.4. The van der Waals surface area contributed by atoms with Gasteiger partial charge in [0.05, 0.1) is 0 Å². The highest BCUT2D eigenvalue weighted by molar-refractivity contribution is 6.30. The molecule has 0 bridgehead atoms. The van der Waals surface area contributed by atoms with Crippen LogP contribution in [0.5, 0.6) is 0 Å². The van der Waals surface area contributed by atoms with Crippen LogP contribution in [0.25, 0.3) is 0 Å². The van der Waals surface area contributed by atoms with Crippen LogP contribution >= 0.6 is 36.4 Å². The number of hydrogen-bond acceptors (Lipinski definition) is 2. The van der Waals surface area contributed by atoms with Gasteiger partial charge in [-0.25, -0.2) is 0 Å². The van der Waals surface area contributed by atoms with Crippen LogP contribution in [0, 0.1) is 0 Å². The van der Waals surface area contributed by atoms with Gasteiger partial charge in [-0.15, -0.1) is 24.8 Å². The van der Waals surface area contributed by atoms with Crippen molar-refractivity contribution in [2.24, 2.45) is 11.5 Å². The summed E-state index contributed by atoms with van der Waals surface area (Å²) in [5.74, 6) is 0. The quantitative estimate of drug-likeness (QED) is 0.897. The predicted molar refractivity (Wildman–Crippen MR) is 75.9 cm³/mol. The van der Waals surface area contributed by atoms with Crippen molar-refractivity contribution in [2.75, 3.05) is 0 Å². The van der Waals surface area contributed by atoms with Gasteiger partial charge in [-0.2, -0.15) is 0 Å². The summed E-state index contributed by atoms with van der Waals surface area (Å²) in [6.07, 6.45) is 0.766. The Morgan fingerprint density at radius 3 is 2.06 bits per heavy atom. The van der Waals surface area contributed by atoms with Crippen molar-refractivity contribution in [1.29, 1.82) is 0 Å². The van der Waals surface area contributed by atoms with Gasteiger partial charge >= 0.3 is 0 Å². The maximum atomic E-state index is 6.07. The highest BCUT2D eigenvalue weighted by Crippen LogP contribution is 2.16. The molecule has 1 rings (SSSR count). The minimum absolute atomic E-state index is 0. The van der Waals surface area contributed by atoms with Gasteiger partial charge in [0.1, 0.15) is 0 Å². The molecule has 0 saturated carbocycles. The molecule has 0 aliphatic rings. The van der Waals surface area contributed by atoms with E-state index < -0.39 is 0 Å². The first-order valence-electron chi connectivity index (χ1n) is 4.71. The first-order chi connectivity index (χ1) is 6.42. The van der Waals surface area contributed by atoms with Crippen molar-refractivity contribution >= 4 is 36.4 Å². The van der Waals surface area contributed by atoms with E-state index in [1.807, 2.05) is 38.1 Å². The maximum absolute atomic E-state index is 6.07. The van der Waals surface area contributed by atoms with Gasteiger partial charge in [0, 0.05) is 16.6 Å². The predicted octanol–water partition coefficient (Wildman–Crippen LogP) is 2.79. The molecule has 0 fully saturated rings. The lowest BCUT2D eigenvalue weighted by molar-refractivity contribution is 0.392. The molecule has 1 aromatic carbocycles. The maximum Gasteiger partial charge on any atom is 0.0406 e. The Morgan fingerprint density at radius 2 is 1.69 bits per heavy atom. The largest absolute Gasteiger partial charge is 0.326 e. The van der Waals surface area contributed by atoms with E-state index in [1.54, 1.807) is 0 Å². The molecule has 94 valence electrons. The monoisotopic (exact) mass is 284 g/mol. The fourth-order valence-electron chi connectivity index (χ4n) is 1.20. The summed E-state index contributed by atoms with van der Waals surface area (Å²) in [6.45, 7) is 3.89. The molecule has 0 aliphatic carbocycles. The fraction of sp³-hybridized carbons (Fsp3) is 0.455. The third-order valence-corrected chi connectivity index (χ3v) is 2.79. The van der Waals surface area contributed by atoms with Crippen molar-refractivity contribution in [3.63, 3.8) is 0 Å². The van der Waals surface area contributed by atoms with E-state index in [9.17, 15) is 0 Å². The van der Waals surface area contributed by atoms with E-state index in [4.69, 9.17) is 23.1 Å². The third kappa shape index (κ3) is 5.37. The van der Waals surface area contributed by atoms with E-state index in [-0.39, 0.29) is 36.4 Å². The second-order valence-corrected chi connectivity index (χ2v) is 4.53. The molecule has 0 heterocycles. The fourth-order valence-corrected chi connectivity index (χ4v) is 1.33. The molecule has 2 unspecified atom stereocenters. The molecule has 0 saturated heterocycles.